The third-order valence-electron chi connectivity index (χ3n) is 3.60. The van der Waals surface area contributed by atoms with E-state index in [0.717, 1.165) is 0 Å². The summed E-state index contributed by atoms with van der Waals surface area (Å²) >= 11 is 3.19. The highest BCUT2D eigenvalue weighted by Gasteiger charge is 2.23. The summed E-state index contributed by atoms with van der Waals surface area (Å²) in [7, 11) is 0. The number of hydrogen-bond acceptors (Lipinski definition) is 6. The Kier molecular flexibility index (Phi) is 4.67. The van der Waals surface area contributed by atoms with E-state index in [1.54, 1.807) is 26.0 Å². The molecular formula is C16H13BrFN3O4. The van der Waals surface area contributed by atoms with Crippen LogP contribution < -0.4 is 5.56 Å². The van der Waals surface area contributed by atoms with Crippen molar-refractivity contribution in [3.63, 3.8) is 0 Å². The van der Waals surface area contributed by atoms with Gasteiger partial charge in [0.15, 0.2) is 0 Å². The van der Waals surface area contributed by atoms with E-state index >= 15 is 0 Å². The Labute approximate surface area is 149 Å². The van der Waals surface area contributed by atoms with Crippen molar-refractivity contribution in [2.45, 2.75) is 20.4 Å². The third-order valence-corrected chi connectivity index (χ3v) is 4.09. The van der Waals surface area contributed by atoms with Gasteiger partial charge < -0.3 is 9.26 Å². The quantitative estimate of drug-likeness (QED) is 0.615. The first-order valence-corrected chi connectivity index (χ1v) is 8.19. The van der Waals surface area contributed by atoms with Crippen LogP contribution in [0.3, 0.4) is 0 Å². The first-order valence-electron chi connectivity index (χ1n) is 7.40. The number of carbonyl (C=O) groups excluding carboxylic acids is 1. The molecule has 0 N–H and O–H groups in total. The van der Waals surface area contributed by atoms with Crippen molar-refractivity contribution in [1.82, 2.24) is 14.7 Å². The maximum atomic E-state index is 14.1. The lowest BCUT2D eigenvalue weighted by atomic mass is 10.2. The highest BCUT2D eigenvalue weighted by atomic mass is 79.9. The molecule has 0 atom stereocenters. The van der Waals surface area contributed by atoms with Gasteiger partial charge in [0.25, 0.3) is 11.3 Å². The number of rotatable bonds is 4. The van der Waals surface area contributed by atoms with Gasteiger partial charge in [-0.3, -0.25) is 9.36 Å². The molecule has 0 amide bonds. The molecule has 0 radical (unpaired) electrons. The van der Waals surface area contributed by atoms with Crippen LogP contribution in [0.5, 0.6) is 0 Å². The molecular weight excluding hydrogens is 397 g/mol. The molecule has 0 aliphatic carbocycles. The number of fused-ring (bicyclic) bond motifs is 1. The number of aryl methyl sites for hydroxylation is 1. The van der Waals surface area contributed by atoms with Crippen molar-refractivity contribution in [3.05, 3.63) is 55.9 Å². The molecule has 0 spiro atoms. The number of nitrogens with zero attached hydrogens (tertiary/aromatic N) is 3. The summed E-state index contributed by atoms with van der Waals surface area (Å²) in [5.74, 6) is -0.923. The standard InChI is InChI=1S/C16H13BrFN3O4/c1-3-24-16(23)13-12-14(25-20-13)19-8(2)21(15(12)22)7-9-4-5-10(17)6-11(9)18/h4-6H,3,7H2,1-2H3. The normalized spacial score (nSPS) is 11.0. The van der Waals surface area contributed by atoms with Gasteiger partial charge in [0.05, 0.1) is 13.2 Å². The maximum Gasteiger partial charge on any atom is 0.361 e. The molecule has 0 aliphatic rings. The fourth-order valence-electron chi connectivity index (χ4n) is 2.39. The number of ether oxygens (including phenoxy) is 1. The van der Waals surface area contributed by atoms with Crippen LogP contribution >= 0.6 is 15.9 Å². The smallest absolute Gasteiger partial charge is 0.361 e. The largest absolute Gasteiger partial charge is 0.461 e. The Balaban J connectivity index is 2.13. The Morgan fingerprint density at radius 3 is 2.88 bits per heavy atom. The van der Waals surface area contributed by atoms with Crippen LogP contribution in [0, 0.1) is 12.7 Å². The van der Waals surface area contributed by atoms with Gasteiger partial charge in [-0.2, -0.15) is 4.98 Å². The minimum Gasteiger partial charge on any atom is -0.461 e. The SMILES string of the molecule is CCOC(=O)c1noc2nc(C)n(Cc3ccc(Br)cc3F)c(=O)c12. The van der Waals surface area contributed by atoms with Crippen LogP contribution in [-0.2, 0) is 11.3 Å². The van der Waals surface area contributed by atoms with Crippen LogP contribution in [0.25, 0.3) is 11.1 Å². The molecule has 0 saturated carbocycles. The zero-order valence-electron chi connectivity index (χ0n) is 13.4. The summed E-state index contributed by atoms with van der Waals surface area (Å²) < 4.78 is 25.8. The van der Waals surface area contributed by atoms with Gasteiger partial charge in [0, 0.05) is 10.0 Å². The number of benzene rings is 1. The molecule has 0 aliphatic heterocycles. The lowest BCUT2D eigenvalue weighted by Crippen LogP contribution is -2.25. The molecule has 0 saturated heterocycles. The van der Waals surface area contributed by atoms with E-state index < -0.39 is 17.3 Å². The van der Waals surface area contributed by atoms with Crippen LogP contribution in [-0.4, -0.2) is 27.3 Å². The van der Waals surface area contributed by atoms with Crippen LogP contribution in [0.4, 0.5) is 4.39 Å². The van der Waals surface area contributed by atoms with Gasteiger partial charge >= 0.3 is 5.97 Å². The highest BCUT2D eigenvalue weighted by molar-refractivity contribution is 9.10. The minimum absolute atomic E-state index is 0.0415. The molecule has 0 unspecified atom stereocenters. The van der Waals surface area contributed by atoms with Gasteiger partial charge in [-0.25, -0.2) is 9.18 Å². The van der Waals surface area contributed by atoms with E-state index in [1.807, 2.05) is 0 Å². The molecule has 7 nitrogen and oxygen atoms in total. The van der Waals surface area contributed by atoms with Crippen LogP contribution in [0.2, 0.25) is 0 Å². The van der Waals surface area contributed by atoms with E-state index in [4.69, 9.17) is 9.26 Å². The average molecular weight is 410 g/mol. The van der Waals surface area contributed by atoms with Crippen molar-refractivity contribution in [2.75, 3.05) is 6.61 Å². The Hall–Kier alpha value is -2.55. The van der Waals surface area contributed by atoms with Gasteiger partial charge in [0.2, 0.25) is 5.69 Å². The van der Waals surface area contributed by atoms with Crippen molar-refractivity contribution < 1.29 is 18.4 Å². The van der Waals surface area contributed by atoms with E-state index in [1.165, 1.54) is 10.6 Å². The van der Waals surface area contributed by atoms with Gasteiger partial charge in [-0.05, 0) is 26.0 Å². The number of carbonyl (C=O) groups is 1. The van der Waals surface area contributed by atoms with Gasteiger partial charge in [0.1, 0.15) is 17.0 Å². The van der Waals surface area contributed by atoms with Crippen molar-refractivity contribution in [1.29, 1.82) is 0 Å². The average Bonchev–Trinajstić information content (AvgIpc) is 2.97. The van der Waals surface area contributed by atoms with Crippen LogP contribution in [0.1, 0.15) is 28.8 Å². The fraction of sp³-hybridized carbons (Fsp3) is 0.250. The van der Waals surface area contributed by atoms with E-state index in [9.17, 15) is 14.0 Å². The summed E-state index contributed by atoms with van der Waals surface area (Å²) in [6.07, 6.45) is 0. The molecule has 130 valence electrons. The predicted octanol–water partition coefficient (Wildman–Crippen LogP) is 2.82. The first-order chi connectivity index (χ1) is 11.9. The minimum atomic E-state index is -0.773. The van der Waals surface area contributed by atoms with Crippen molar-refractivity contribution in [2.24, 2.45) is 0 Å². The lowest BCUT2D eigenvalue weighted by molar-refractivity contribution is 0.0516. The molecule has 1 aromatic carbocycles. The second-order valence-corrected chi connectivity index (χ2v) is 6.13. The zero-order chi connectivity index (χ0) is 18.1. The van der Waals surface area contributed by atoms with Crippen molar-refractivity contribution >= 4 is 33.0 Å². The predicted molar refractivity (Wildman–Crippen MR) is 90.0 cm³/mol. The summed E-state index contributed by atoms with van der Waals surface area (Å²) in [5.41, 5.74) is -0.532. The zero-order valence-corrected chi connectivity index (χ0v) is 15.0. The number of halogens is 2. The Morgan fingerprint density at radius 1 is 1.44 bits per heavy atom. The summed E-state index contributed by atoms with van der Waals surface area (Å²) in [6, 6.07) is 4.55. The van der Waals surface area contributed by atoms with Gasteiger partial charge in [-0.1, -0.05) is 27.2 Å². The molecule has 2 heterocycles. The number of aromatic nitrogens is 3. The first kappa shape index (κ1) is 17.3. The maximum absolute atomic E-state index is 14.1. The third kappa shape index (κ3) is 3.19. The molecule has 9 heteroatoms. The molecule has 0 bridgehead atoms. The topological polar surface area (TPSA) is 87.2 Å². The second kappa shape index (κ2) is 6.75. The highest BCUT2D eigenvalue weighted by Crippen LogP contribution is 2.18. The lowest BCUT2D eigenvalue weighted by Gasteiger charge is -2.10. The van der Waals surface area contributed by atoms with E-state index in [2.05, 4.69) is 26.1 Å². The molecule has 0 fully saturated rings. The molecule has 2 aromatic heterocycles. The monoisotopic (exact) mass is 409 g/mol. The Morgan fingerprint density at radius 2 is 2.20 bits per heavy atom. The molecule has 25 heavy (non-hydrogen) atoms. The summed E-state index contributed by atoms with van der Waals surface area (Å²) in [6.45, 7) is 3.31. The summed E-state index contributed by atoms with van der Waals surface area (Å²) in [5, 5.41) is 3.51. The molecule has 3 rings (SSSR count). The number of esters is 1. The van der Waals surface area contributed by atoms with E-state index in [-0.39, 0.29) is 29.9 Å². The van der Waals surface area contributed by atoms with E-state index in [0.29, 0.717) is 15.9 Å². The fourth-order valence-corrected chi connectivity index (χ4v) is 2.72. The number of hydrogen-bond donors (Lipinski definition) is 0. The van der Waals surface area contributed by atoms with Crippen molar-refractivity contribution in [3.8, 4) is 0 Å². The second-order valence-electron chi connectivity index (χ2n) is 5.22. The Bertz CT molecular complexity index is 1030. The van der Waals surface area contributed by atoms with Gasteiger partial charge in [-0.15, -0.1) is 0 Å². The molecule has 3 aromatic rings. The van der Waals surface area contributed by atoms with Crippen LogP contribution in [0.15, 0.2) is 32.0 Å². The summed E-state index contributed by atoms with van der Waals surface area (Å²) in [4.78, 5) is 28.9.